The monoisotopic (exact) mass is 178 g/mol. The summed E-state index contributed by atoms with van der Waals surface area (Å²) in [5.41, 5.74) is 1.46. The van der Waals surface area contributed by atoms with E-state index in [4.69, 9.17) is 0 Å². The molecule has 2 rings (SSSR count). The molecular formula is C11H18N2. The molecule has 0 N–H and O–H groups in total. The van der Waals surface area contributed by atoms with Crippen LogP contribution in [0.5, 0.6) is 0 Å². The molecule has 0 spiro atoms. The predicted molar refractivity (Wildman–Crippen MR) is 56.1 cm³/mol. The first-order valence-corrected chi connectivity index (χ1v) is 5.33. The van der Waals surface area contributed by atoms with Gasteiger partial charge >= 0.3 is 0 Å². The molecule has 0 amide bonds. The zero-order valence-corrected chi connectivity index (χ0v) is 8.58. The highest BCUT2D eigenvalue weighted by Crippen LogP contribution is 2.25. The van der Waals surface area contributed by atoms with Crippen LogP contribution in [-0.2, 0) is 0 Å². The summed E-state index contributed by atoms with van der Waals surface area (Å²) in [4.78, 5) is 7.14. The average Bonchev–Trinajstić information content (AvgIpc) is 2.60. The predicted octanol–water partition coefficient (Wildman–Crippen LogP) is 2.22. The van der Waals surface area contributed by atoms with E-state index in [1.807, 2.05) is 0 Å². The van der Waals surface area contributed by atoms with Gasteiger partial charge in [0.05, 0.1) is 6.54 Å². The van der Waals surface area contributed by atoms with E-state index in [0.717, 1.165) is 6.54 Å². The van der Waals surface area contributed by atoms with Crippen LogP contribution in [0.25, 0.3) is 0 Å². The molecule has 2 heteroatoms. The van der Waals surface area contributed by atoms with E-state index in [1.165, 1.54) is 37.2 Å². The molecule has 0 aliphatic carbocycles. The normalized spacial score (nSPS) is 30.6. The van der Waals surface area contributed by atoms with E-state index < -0.39 is 0 Å². The number of hydrogen-bond donors (Lipinski definition) is 0. The van der Waals surface area contributed by atoms with Gasteiger partial charge in [-0.3, -0.25) is 4.99 Å². The SMILES string of the molecule is C/C=C1\CCCN2C1=NCC2CC. The fraction of sp³-hybridized carbons (Fsp3) is 0.727. The number of nitrogens with zero attached hydrogens (tertiary/aromatic N) is 2. The number of hydrogen-bond acceptors (Lipinski definition) is 2. The Hall–Kier alpha value is -0.790. The van der Waals surface area contributed by atoms with Gasteiger partial charge in [0.15, 0.2) is 0 Å². The number of piperidine rings is 1. The number of allylic oxidation sites excluding steroid dienone is 1. The zero-order valence-electron chi connectivity index (χ0n) is 8.58. The molecular weight excluding hydrogens is 160 g/mol. The van der Waals surface area contributed by atoms with Crippen molar-refractivity contribution < 1.29 is 0 Å². The first-order chi connectivity index (χ1) is 6.36. The summed E-state index contributed by atoms with van der Waals surface area (Å²) < 4.78 is 0. The van der Waals surface area contributed by atoms with Crippen molar-refractivity contribution in [2.75, 3.05) is 13.1 Å². The van der Waals surface area contributed by atoms with E-state index in [0.29, 0.717) is 6.04 Å². The first-order valence-electron chi connectivity index (χ1n) is 5.33. The van der Waals surface area contributed by atoms with E-state index in [9.17, 15) is 0 Å². The fourth-order valence-corrected chi connectivity index (χ4v) is 2.30. The maximum atomic E-state index is 4.64. The largest absolute Gasteiger partial charge is 0.352 e. The van der Waals surface area contributed by atoms with Gasteiger partial charge in [-0.1, -0.05) is 13.0 Å². The van der Waals surface area contributed by atoms with Gasteiger partial charge in [-0.15, -0.1) is 0 Å². The van der Waals surface area contributed by atoms with E-state index in [1.54, 1.807) is 0 Å². The van der Waals surface area contributed by atoms with Crippen LogP contribution >= 0.6 is 0 Å². The molecule has 13 heavy (non-hydrogen) atoms. The molecule has 2 heterocycles. The van der Waals surface area contributed by atoms with Crippen LogP contribution < -0.4 is 0 Å². The summed E-state index contributed by atoms with van der Waals surface area (Å²) in [6, 6.07) is 0.685. The van der Waals surface area contributed by atoms with Gasteiger partial charge in [-0.25, -0.2) is 0 Å². The Balaban J connectivity index is 2.19. The minimum Gasteiger partial charge on any atom is -0.352 e. The van der Waals surface area contributed by atoms with Gasteiger partial charge in [0.1, 0.15) is 5.84 Å². The lowest BCUT2D eigenvalue weighted by Crippen LogP contribution is -2.40. The summed E-state index contributed by atoms with van der Waals surface area (Å²) in [6.45, 7) is 6.62. The van der Waals surface area contributed by atoms with Crippen molar-refractivity contribution in [1.82, 2.24) is 4.90 Å². The molecule has 2 aliphatic heterocycles. The third-order valence-corrected chi connectivity index (χ3v) is 3.12. The third kappa shape index (κ3) is 1.38. The maximum Gasteiger partial charge on any atom is 0.126 e. The second kappa shape index (κ2) is 3.52. The second-order valence-electron chi connectivity index (χ2n) is 3.84. The topological polar surface area (TPSA) is 15.6 Å². The Morgan fingerprint density at radius 2 is 2.46 bits per heavy atom. The molecule has 0 aromatic rings. The molecule has 0 radical (unpaired) electrons. The molecule has 1 unspecified atom stereocenters. The standard InChI is InChI=1S/C11H18N2/c1-3-9-6-5-7-13-10(4-2)8-12-11(9)13/h3,10H,4-8H2,1-2H3/b9-3+. The van der Waals surface area contributed by atoms with E-state index >= 15 is 0 Å². The second-order valence-corrected chi connectivity index (χ2v) is 3.84. The Morgan fingerprint density at radius 3 is 3.15 bits per heavy atom. The molecule has 0 aromatic heterocycles. The van der Waals surface area contributed by atoms with E-state index in [2.05, 4.69) is 29.8 Å². The molecule has 1 fully saturated rings. The number of rotatable bonds is 1. The summed E-state index contributed by atoms with van der Waals surface area (Å²) in [6.07, 6.45) is 5.98. The highest BCUT2D eigenvalue weighted by molar-refractivity contribution is 6.00. The summed E-state index contributed by atoms with van der Waals surface area (Å²) in [5.74, 6) is 1.29. The Bertz CT molecular complexity index is 253. The minimum atomic E-state index is 0.685. The van der Waals surface area contributed by atoms with Crippen molar-refractivity contribution in [3.63, 3.8) is 0 Å². The molecule has 72 valence electrons. The molecule has 0 aromatic carbocycles. The lowest BCUT2D eigenvalue weighted by atomic mass is 10.0. The molecule has 1 saturated heterocycles. The van der Waals surface area contributed by atoms with Gasteiger partial charge < -0.3 is 4.90 Å². The molecule has 1 atom stereocenters. The zero-order chi connectivity index (χ0) is 9.26. The van der Waals surface area contributed by atoms with Crippen molar-refractivity contribution in [3.8, 4) is 0 Å². The van der Waals surface area contributed by atoms with Gasteiger partial charge in [0.25, 0.3) is 0 Å². The van der Waals surface area contributed by atoms with Crippen LogP contribution in [0.2, 0.25) is 0 Å². The fourth-order valence-electron chi connectivity index (χ4n) is 2.30. The lowest BCUT2D eigenvalue weighted by molar-refractivity contribution is 0.319. The van der Waals surface area contributed by atoms with Crippen LogP contribution in [-0.4, -0.2) is 29.9 Å². The Labute approximate surface area is 80.3 Å². The average molecular weight is 178 g/mol. The first kappa shape index (κ1) is 8.79. The van der Waals surface area contributed by atoms with Gasteiger partial charge in [-0.05, 0) is 31.8 Å². The Morgan fingerprint density at radius 1 is 1.62 bits per heavy atom. The van der Waals surface area contributed by atoms with Crippen LogP contribution in [0.1, 0.15) is 33.1 Å². The van der Waals surface area contributed by atoms with Crippen LogP contribution in [0.4, 0.5) is 0 Å². The number of aliphatic imine (C=N–C) groups is 1. The van der Waals surface area contributed by atoms with Crippen LogP contribution in [0.15, 0.2) is 16.6 Å². The molecule has 2 aliphatic rings. The Kier molecular flexibility index (Phi) is 2.38. The minimum absolute atomic E-state index is 0.685. The summed E-state index contributed by atoms with van der Waals surface area (Å²) in [5, 5.41) is 0. The highest BCUT2D eigenvalue weighted by atomic mass is 15.3. The highest BCUT2D eigenvalue weighted by Gasteiger charge is 2.30. The van der Waals surface area contributed by atoms with Crippen LogP contribution in [0, 0.1) is 0 Å². The van der Waals surface area contributed by atoms with Crippen molar-refractivity contribution in [1.29, 1.82) is 0 Å². The number of fused-ring (bicyclic) bond motifs is 1. The quantitative estimate of drug-likeness (QED) is 0.601. The van der Waals surface area contributed by atoms with Gasteiger partial charge in [-0.2, -0.15) is 0 Å². The third-order valence-electron chi connectivity index (χ3n) is 3.12. The van der Waals surface area contributed by atoms with Crippen molar-refractivity contribution in [2.24, 2.45) is 4.99 Å². The van der Waals surface area contributed by atoms with Crippen molar-refractivity contribution in [3.05, 3.63) is 11.6 Å². The molecule has 0 saturated carbocycles. The lowest BCUT2D eigenvalue weighted by Gasteiger charge is -2.32. The maximum absolute atomic E-state index is 4.64. The molecule has 2 nitrogen and oxygen atoms in total. The van der Waals surface area contributed by atoms with Crippen molar-refractivity contribution >= 4 is 5.84 Å². The van der Waals surface area contributed by atoms with Crippen LogP contribution in [0.3, 0.4) is 0 Å². The smallest absolute Gasteiger partial charge is 0.126 e. The summed E-state index contributed by atoms with van der Waals surface area (Å²) >= 11 is 0. The number of amidine groups is 1. The van der Waals surface area contributed by atoms with Crippen molar-refractivity contribution in [2.45, 2.75) is 39.2 Å². The van der Waals surface area contributed by atoms with E-state index in [-0.39, 0.29) is 0 Å². The van der Waals surface area contributed by atoms with Gasteiger partial charge in [0.2, 0.25) is 0 Å². The molecule has 0 bridgehead atoms. The summed E-state index contributed by atoms with van der Waals surface area (Å²) in [7, 11) is 0. The van der Waals surface area contributed by atoms with Gasteiger partial charge in [0, 0.05) is 12.6 Å².